The molecule has 1 aromatic heterocycles. The Morgan fingerprint density at radius 3 is 2.48 bits per heavy atom. The van der Waals surface area contributed by atoms with E-state index in [0.717, 1.165) is 34.9 Å². The third-order valence-electron chi connectivity index (χ3n) is 3.33. The zero-order chi connectivity index (χ0) is 15.4. The maximum Gasteiger partial charge on any atom is 0.148 e. The highest BCUT2D eigenvalue weighted by Gasteiger charge is 2.16. The maximum atomic E-state index is 6.07. The maximum absolute atomic E-state index is 6.07. The second kappa shape index (κ2) is 6.59. The van der Waals surface area contributed by atoms with Gasteiger partial charge in [-0.2, -0.15) is 0 Å². The SMILES string of the molecule is CCc1nc(C)ccc1Oc1cccc(OC)c1C(C)N. The van der Waals surface area contributed by atoms with Gasteiger partial charge in [0.25, 0.3) is 0 Å². The smallest absolute Gasteiger partial charge is 0.148 e. The normalized spacial score (nSPS) is 12.0. The molecule has 2 rings (SSSR count). The summed E-state index contributed by atoms with van der Waals surface area (Å²) < 4.78 is 11.5. The molecule has 1 atom stereocenters. The van der Waals surface area contributed by atoms with Crippen molar-refractivity contribution in [1.82, 2.24) is 4.98 Å². The van der Waals surface area contributed by atoms with Crippen LogP contribution in [0.3, 0.4) is 0 Å². The van der Waals surface area contributed by atoms with Gasteiger partial charge in [0, 0.05) is 11.7 Å². The summed E-state index contributed by atoms with van der Waals surface area (Å²) in [6.45, 7) is 5.95. The van der Waals surface area contributed by atoms with Crippen LogP contribution in [0.5, 0.6) is 17.2 Å². The zero-order valence-corrected chi connectivity index (χ0v) is 13.0. The summed E-state index contributed by atoms with van der Waals surface area (Å²) in [7, 11) is 1.63. The van der Waals surface area contributed by atoms with Crippen LogP contribution >= 0.6 is 0 Å². The van der Waals surface area contributed by atoms with Gasteiger partial charge < -0.3 is 15.2 Å². The first-order chi connectivity index (χ1) is 10.1. The summed E-state index contributed by atoms with van der Waals surface area (Å²) in [6, 6.07) is 9.40. The molecular weight excluding hydrogens is 264 g/mol. The first-order valence-electron chi connectivity index (χ1n) is 7.13. The highest BCUT2D eigenvalue weighted by atomic mass is 16.5. The van der Waals surface area contributed by atoms with Crippen molar-refractivity contribution >= 4 is 0 Å². The summed E-state index contributed by atoms with van der Waals surface area (Å²) in [5.41, 5.74) is 8.85. The largest absolute Gasteiger partial charge is 0.496 e. The van der Waals surface area contributed by atoms with Crippen molar-refractivity contribution in [3.8, 4) is 17.2 Å². The minimum atomic E-state index is -0.181. The van der Waals surface area contributed by atoms with Gasteiger partial charge in [-0.15, -0.1) is 0 Å². The summed E-state index contributed by atoms with van der Waals surface area (Å²) >= 11 is 0. The molecule has 0 radical (unpaired) electrons. The molecule has 4 nitrogen and oxygen atoms in total. The average molecular weight is 286 g/mol. The number of benzene rings is 1. The molecule has 2 aromatic rings. The van der Waals surface area contributed by atoms with Gasteiger partial charge in [0.1, 0.15) is 17.2 Å². The van der Waals surface area contributed by atoms with E-state index in [9.17, 15) is 0 Å². The van der Waals surface area contributed by atoms with E-state index in [1.807, 2.05) is 44.2 Å². The monoisotopic (exact) mass is 286 g/mol. The van der Waals surface area contributed by atoms with Gasteiger partial charge >= 0.3 is 0 Å². The summed E-state index contributed by atoms with van der Waals surface area (Å²) in [5.74, 6) is 2.21. The molecule has 0 spiro atoms. The van der Waals surface area contributed by atoms with Crippen molar-refractivity contribution in [2.45, 2.75) is 33.2 Å². The van der Waals surface area contributed by atoms with Gasteiger partial charge in [0.05, 0.1) is 18.4 Å². The number of ether oxygens (including phenoxy) is 2. The number of aryl methyl sites for hydroxylation is 2. The van der Waals surface area contributed by atoms with Crippen molar-refractivity contribution < 1.29 is 9.47 Å². The van der Waals surface area contributed by atoms with Crippen molar-refractivity contribution in [2.75, 3.05) is 7.11 Å². The average Bonchev–Trinajstić information content (AvgIpc) is 2.48. The van der Waals surface area contributed by atoms with E-state index in [1.165, 1.54) is 0 Å². The predicted octanol–water partition coefficient (Wildman–Crippen LogP) is 3.77. The molecule has 2 N–H and O–H groups in total. The van der Waals surface area contributed by atoms with Crippen LogP contribution in [0, 0.1) is 6.92 Å². The Balaban J connectivity index is 2.44. The van der Waals surface area contributed by atoms with E-state index in [2.05, 4.69) is 11.9 Å². The topological polar surface area (TPSA) is 57.4 Å². The Kier molecular flexibility index (Phi) is 4.81. The van der Waals surface area contributed by atoms with Crippen molar-refractivity contribution in [1.29, 1.82) is 0 Å². The fraction of sp³-hybridized carbons (Fsp3) is 0.353. The minimum absolute atomic E-state index is 0.181. The number of nitrogens with two attached hydrogens (primary N) is 1. The van der Waals surface area contributed by atoms with Gasteiger partial charge in [-0.05, 0) is 44.5 Å². The molecule has 112 valence electrons. The van der Waals surface area contributed by atoms with Crippen molar-refractivity contribution in [2.24, 2.45) is 5.73 Å². The van der Waals surface area contributed by atoms with E-state index < -0.39 is 0 Å². The van der Waals surface area contributed by atoms with E-state index in [-0.39, 0.29) is 6.04 Å². The first-order valence-corrected chi connectivity index (χ1v) is 7.13. The molecule has 0 bridgehead atoms. The van der Waals surface area contributed by atoms with Crippen LogP contribution in [0.1, 0.15) is 36.8 Å². The Morgan fingerprint density at radius 1 is 1.14 bits per heavy atom. The van der Waals surface area contributed by atoms with Crippen LogP contribution in [-0.2, 0) is 6.42 Å². The van der Waals surface area contributed by atoms with Gasteiger partial charge in [0.2, 0.25) is 0 Å². The van der Waals surface area contributed by atoms with Crippen LogP contribution in [-0.4, -0.2) is 12.1 Å². The van der Waals surface area contributed by atoms with E-state index in [4.69, 9.17) is 15.2 Å². The molecule has 0 saturated carbocycles. The molecule has 1 unspecified atom stereocenters. The van der Waals surface area contributed by atoms with Crippen LogP contribution in [0.15, 0.2) is 30.3 Å². The quantitative estimate of drug-likeness (QED) is 0.909. The Morgan fingerprint density at radius 2 is 1.86 bits per heavy atom. The van der Waals surface area contributed by atoms with E-state index in [1.54, 1.807) is 7.11 Å². The van der Waals surface area contributed by atoms with Gasteiger partial charge in [0.15, 0.2) is 0 Å². The fourth-order valence-electron chi connectivity index (χ4n) is 2.30. The molecule has 0 aliphatic heterocycles. The highest BCUT2D eigenvalue weighted by Crippen LogP contribution is 2.36. The van der Waals surface area contributed by atoms with Gasteiger partial charge in [-0.25, -0.2) is 0 Å². The number of nitrogens with zero attached hydrogens (tertiary/aromatic N) is 1. The standard InChI is InChI=1S/C17H22N2O2/c1-5-13-14(10-9-11(2)19-13)21-16-8-6-7-15(20-4)17(16)12(3)18/h6-10,12H,5,18H2,1-4H3. The number of aromatic nitrogens is 1. The highest BCUT2D eigenvalue weighted by molar-refractivity contribution is 5.49. The molecular formula is C17H22N2O2. The van der Waals surface area contributed by atoms with Crippen LogP contribution in [0.2, 0.25) is 0 Å². The van der Waals surface area contributed by atoms with Gasteiger partial charge in [-0.1, -0.05) is 13.0 Å². The van der Waals surface area contributed by atoms with Crippen LogP contribution in [0.4, 0.5) is 0 Å². The molecule has 4 heteroatoms. The zero-order valence-electron chi connectivity index (χ0n) is 13.0. The number of rotatable bonds is 5. The molecule has 0 saturated heterocycles. The summed E-state index contributed by atoms with van der Waals surface area (Å²) in [4.78, 5) is 4.52. The van der Waals surface area contributed by atoms with Crippen LogP contribution in [0.25, 0.3) is 0 Å². The van der Waals surface area contributed by atoms with E-state index >= 15 is 0 Å². The lowest BCUT2D eigenvalue weighted by molar-refractivity contribution is 0.396. The number of hydrogen-bond donors (Lipinski definition) is 1. The summed E-state index contributed by atoms with van der Waals surface area (Å²) in [5, 5.41) is 0. The predicted molar refractivity (Wildman–Crippen MR) is 84.0 cm³/mol. The van der Waals surface area contributed by atoms with Crippen molar-refractivity contribution in [3.05, 3.63) is 47.3 Å². The molecule has 0 amide bonds. The molecule has 1 aromatic carbocycles. The fourth-order valence-corrected chi connectivity index (χ4v) is 2.30. The molecule has 21 heavy (non-hydrogen) atoms. The minimum Gasteiger partial charge on any atom is -0.496 e. The Hall–Kier alpha value is -2.07. The Labute approximate surface area is 125 Å². The van der Waals surface area contributed by atoms with Crippen molar-refractivity contribution in [3.63, 3.8) is 0 Å². The molecule has 0 aliphatic rings. The molecule has 1 heterocycles. The lowest BCUT2D eigenvalue weighted by atomic mass is 10.1. The number of pyridine rings is 1. The number of methoxy groups -OCH3 is 1. The van der Waals surface area contributed by atoms with Gasteiger partial charge in [-0.3, -0.25) is 4.98 Å². The van der Waals surface area contributed by atoms with E-state index in [0.29, 0.717) is 5.75 Å². The third kappa shape index (κ3) is 3.34. The molecule has 0 aliphatic carbocycles. The Bertz CT molecular complexity index is 624. The number of hydrogen-bond acceptors (Lipinski definition) is 4. The summed E-state index contributed by atoms with van der Waals surface area (Å²) in [6.07, 6.45) is 0.814. The molecule has 0 fully saturated rings. The lowest BCUT2D eigenvalue weighted by Crippen LogP contribution is -2.09. The third-order valence-corrected chi connectivity index (χ3v) is 3.33. The lowest BCUT2D eigenvalue weighted by Gasteiger charge is -2.18. The first kappa shape index (κ1) is 15.3. The second-order valence-corrected chi connectivity index (χ2v) is 5.01. The second-order valence-electron chi connectivity index (χ2n) is 5.01. The van der Waals surface area contributed by atoms with Crippen LogP contribution < -0.4 is 15.2 Å².